The Bertz CT molecular complexity index is 466. The number of amides is 1. The van der Waals surface area contributed by atoms with Crippen LogP contribution in [-0.4, -0.2) is 43.5 Å². The summed E-state index contributed by atoms with van der Waals surface area (Å²) in [5.74, 6) is 0.133. The molecule has 1 aromatic carbocycles. The van der Waals surface area contributed by atoms with E-state index in [0.717, 1.165) is 0 Å². The fraction of sp³-hybridized carbons (Fsp3) is 0.462. The lowest BCUT2D eigenvalue weighted by Crippen LogP contribution is -2.48. The number of aliphatic hydroxyl groups is 1. The molecular weight excluding hydrogens is 270 g/mol. The van der Waals surface area contributed by atoms with Crippen LogP contribution in [0.5, 0.6) is 5.75 Å². The molecule has 0 bridgehead atoms. The van der Waals surface area contributed by atoms with E-state index in [1.54, 1.807) is 18.2 Å². The van der Waals surface area contributed by atoms with Gasteiger partial charge in [0.2, 0.25) is 0 Å². The van der Waals surface area contributed by atoms with Crippen LogP contribution in [0.2, 0.25) is 5.02 Å². The minimum Gasteiger partial charge on any atom is -0.496 e. The molecule has 19 heavy (non-hydrogen) atoms. The van der Waals surface area contributed by atoms with Crippen LogP contribution in [0.4, 0.5) is 0 Å². The Morgan fingerprint density at radius 2 is 2.37 bits per heavy atom. The zero-order chi connectivity index (χ0) is 13.8. The van der Waals surface area contributed by atoms with Crippen molar-refractivity contribution in [2.24, 2.45) is 0 Å². The van der Waals surface area contributed by atoms with E-state index < -0.39 is 6.10 Å². The molecule has 1 amide bonds. The molecule has 1 aliphatic heterocycles. The normalized spacial score (nSPS) is 22.9. The average molecular weight is 286 g/mol. The van der Waals surface area contributed by atoms with Gasteiger partial charge in [-0.1, -0.05) is 11.6 Å². The van der Waals surface area contributed by atoms with Gasteiger partial charge in [-0.05, 0) is 24.6 Å². The summed E-state index contributed by atoms with van der Waals surface area (Å²) in [5, 5.41) is 13.0. The zero-order valence-corrected chi connectivity index (χ0v) is 11.3. The minimum atomic E-state index is -0.692. The first kappa shape index (κ1) is 14.1. The van der Waals surface area contributed by atoms with Crippen LogP contribution < -0.4 is 10.1 Å². The Morgan fingerprint density at radius 3 is 3.05 bits per heavy atom. The first-order chi connectivity index (χ1) is 9.11. The number of benzene rings is 1. The summed E-state index contributed by atoms with van der Waals surface area (Å²) in [6.07, 6.45) is -0.113. The summed E-state index contributed by atoms with van der Waals surface area (Å²) < 4.78 is 10.2. The van der Waals surface area contributed by atoms with Crippen LogP contribution >= 0.6 is 11.6 Å². The number of halogens is 1. The van der Waals surface area contributed by atoms with Gasteiger partial charge in [0.15, 0.2) is 0 Å². The lowest BCUT2D eigenvalue weighted by atomic mass is 10.1. The van der Waals surface area contributed by atoms with E-state index in [4.69, 9.17) is 21.1 Å². The van der Waals surface area contributed by atoms with Crippen LogP contribution in [0.3, 0.4) is 0 Å². The maximum absolute atomic E-state index is 12.2. The molecule has 1 aliphatic rings. The van der Waals surface area contributed by atoms with Gasteiger partial charge in [0.1, 0.15) is 5.75 Å². The Labute approximate surface area is 116 Å². The predicted octanol–water partition coefficient (Wildman–Crippen LogP) is 1.23. The smallest absolute Gasteiger partial charge is 0.255 e. The second kappa shape index (κ2) is 6.23. The first-order valence-electron chi connectivity index (χ1n) is 6.02. The fourth-order valence-electron chi connectivity index (χ4n) is 2.00. The highest BCUT2D eigenvalue weighted by atomic mass is 35.5. The molecular formula is C13H16ClNO4. The highest BCUT2D eigenvalue weighted by Crippen LogP contribution is 2.23. The van der Waals surface area contributed by atoms with Crippen LogP contribution in [0.25, 0.3) is 0 Å². The maximum Gasteiger partial charge on any atom is 0.255 e. The third kappa shape index (κ3) is 3.37. The summed E-state index contributed by atoms with van der Waals surface area (Å²) in [7, 11) is 1.49. The van der Waals surface area contributed by atoms with Crippen LogP contribution in [0, 0.1) is 0 Å². The van der Waals surface area contributed by atoms with Gasteiger partial charge in [-0.3, -0.25) is 4.79 Å². The van der Waals surface area contributed by atoms with Crippen molar-refractivity contribution in [1.82, 2.24) is 5.32 Å². The van der Waals surface area contributed by atoms with Gasteiger partial charge < -0.3 is 19.9 Å². The van der Waals surface area contributed by atoms with Crippen LogP contribution in [0.15, 0.2) is 18.2 Å². The van der Waals surface area contributed by atoms with Crippen molar-refractivity contribution in [1.29, 1.82) is 0 Å². The minimum absolute atomic E-state index is 0.234. The molecule has 6 heteroatoms. The van der Waals surface area contributed by atoms with Crippen molar-refractivity contribution in [3.05, 3.63) is 28.8 Å². The first-order valence-corrected chi connectivity index (χ1v) is 6.40. The number of ether oxygens (including phenoxy) is 2. The van der Waals surface area contributed by atoms with E-state index in [2.05, 4.69) is 5.32 Å². The van der Waals surface area contributed by atoms with E-state index >= 15 is 0 Å². The third-order valence-corrected chi connectivity index (χ3v) is 3.28. The lowest BCUT2D eigenvalue weighted by molar-refractivity contribution is -0.0261. The summed E-state index contributed by atoms with van der Waals surface area (Å²) in [4.78, 5) is 12.2. The van der Waals surface area contributed by atoms with Gasteiger partial charge in [-0.2, -0.15) is 0 Å². The number of nitrogens with one attached hydrogen (secondary N) is 1. The molecule has 2 atom stereocenters. The van der Waals surface area contributed by atoms with E-state index in [-0.39, 0.29) is 18.6 Å². The second-order valence-electron chi connectivity index (χ2n) is 4.36. The van der Waals surface area contributed by atoms with Crippen molar-refractivity contribution in [3.8, 4) is 5.75 Å². The molecule has 1 heterocycles. The Hall–Kier alpha value is -1.30. The summed E-state index contributed by atoms with van der Waals surface area (Å²) >= 11 is 5.88. The van der Waals surface area contributed by atoms with Gasteiger partial charge in [0.05, 0.1) is 31.4 Å². The average Bonchev–Trinajstić information content (AvgIpc) is 2.41. The van der Waals surface area contributed by atoms with Gasteiger partial charge >= 0.3 is 0 Å². The number of hydrogen-bond acceptors (Lipinski definition) is 4. The summed E-state index contributed by atoms with van der Waals surface area (Å²) in [5.41, 5.74) is 0.355. The molecule has 0 unspecified atom stereocenters. The highest BCUT2D eigenvalue weighted by Gasteiger charge is 2.26. The summed E-state index contributed by atoms with van der Waals surface area (Å²) in [6, 6.07) is 4.52. The molecule has 104 valence electrons. The standard InChI is InChI=1S/C13H16ClNO4/c1-18-12-3-2-8(14)6-9(12)13(17)15-10-4-5-19-7-11(10)16/h2-3,6,10-11,16H,4-5,7H2,1H3,(H,15,17)/t10-,11-/m1/s1. The fourth-order valence-corrected chi connectivity index (χ4v) is 2.17. The Morgan fingerprint density at radius 1 is 1.58 bits per heavy atom. The molecule has 0 aromatic heterocycles. The molecule has 0 saturated carbocycles. The Kier molecular flexibility index (Phi) is 4.63. The third-order valence-electron chi connectivity index (χ3n) is 3.05. The Balaban J connectivity index is 2.13. The van der Waals surface area contributed by atoms with E-state index in [0.29, 0.717) is 29.4 Å². The van der Waals surface area contributed by atoms with E-state index in [1.165, 1.54) is 7.11 Å². The van der Waals surface area contributed by atoms with Crippen molar-refractivity contribution in [3.63, 3.8) is 0 Å². The zero-order valence-electron chi connectivity index (χ0n) is 10.6. The number of aliphatic hydroxyl groups excluding tert-OH is 1. The number of rotatable bonds is 3. The van der Waals surface area contributed by atoms with Crippen LogP contribution in [-0.2, 0) is 4.74 Å². The van der Waals surface area contributed by atoms with E-state index in [1.807, 2.05) is 0 Å². The van der Waals surface area contributed by atoms with Gasteiger partial charge in [-0.25, -0.2) is 0 Å². The predicted molar refractivity (Wildman–Crippen MR) is 70.7 cm³/mol. The van der Waals surface area contributed by atoms with E-state index in [9.17, 15) is 9.90 Å². The molecule has 1 saturated heterocycles. The number of carbonyl (C=O) groups excluding carboxylic acids is 1. The molecule has 2 N–H and O–H groups in total. The van der Waals surface area contributed by atoms with Crippen molar-refractivity contribution in [2.75, 3.05) is 20.3 Å². The molecule has 2 rings (SSSR count). The lowest BCUT2D eigenvalue weighted by Gasteiger charge is -2.28. The number of methoxy groups -OCH3 is 1. The number of carbonyl (C=O) groups is 1. The van der Waals surface area contributed by atoms with Crippen molar-refractivity contribution >= 4 is 17.5 Å². The molecule has 5 nitrogen and oxygen atoms in total. The molecule has 1 aromatic rings. The van der Waals surface area contributed by atoms with Gasteiger partial charge in [-0.15, -0.1) is 0 Å². The van der Waals surface area contributed by atoms with Crippen LogP contribution in [0.1, 0.15) is 16.8 Å². The van der Waals surface area contributed by atoms with Gasteiger partial charge in [0, 0.05) is 11.6 Å². The SMILES string of the molecule is COc1ccc(Cl)cc1C(=O)N[C@@H]1CCOC[C@H]1O. The quantitative estimate of drug-likeness (QED) is 0.876. The van der Waals surface area contributed by atoms with Crippen molar-refractivity contribution < 1.29 is 19.4 Å². The van der Waals surface area contributed by atoms with Crippen molar-refractivity contribution in [2.45, 2.75) is 18.6 Å². The van der Waals surface area contributed by atoms with Gasteiger partial charge in [0.25, 0.3) is 5.91 Å². The molecule has 0 spiro atoms. The largest absolute Gasteiger partial charge is 0.496 e. The molecule has 0 aliphatic carbocycles. The number of hydrogen-bond donors (Lipinski definition) is 2. The monoisotopic (exact) mass is 285 g/mol. The highest BCUT2D eigenvalue weighted by molar-refractivity contribution is 6.31. The second-order valence-corrected chi connectivity index (χ2v) is 4.79. The molecule has 0 radical (unpaired) electrons. The molecule has 1 fully saturated rings. The topological polar surface area (TPSA) is 67.8 Å². The maximum atomic E-state index is 12.2. The summed E-state index contributed by atoms with van der Waals surface area (Å²) in [6.45, 7) is 0.756.